The summed E-state index contributed by atoms with van der Waals surface area (Å²) in [6.45, 7) is 2.10. The van der Waals surface area contributed by atoms with E-state index in [2.05, 4.69) is 37.3 Å². The van der Waals surface area contributed by atoms with Crippen molar-refractivity contribution in [1.82, 2.24) is 0 Å². The van der Waals surface area contributed by atoms with Crippen LogP contribution < -0.4 is 0 Å². The zero-order valence-corrected chi connectivity index (χ0v) is 12.2. The fourth-order valence-electron chi connectivity index (χ4n) is 1.53. The second kappa shape index (κ2) is 5.21. The Kier molecular flexibility index (Phi) is 3.89. The molecular weight excluding hydrogens is 295 g/mol. The molecule has 0 bridgehead atoms. The third-order valence-corrected chi connectivity index (χ3v) is 4.11. The molecule has 0 radical (unpaired) electrons. The van der Waals surface area contributed by atoms with Crippen molar-refractivity contribution >= 4 is 14.8 Å². The maximum absolute atomic E-state index is 6.00. The molecule has 0 aliphatic rings. The topological polar surface area (TPSA) is 0 Å². The van der Waals surface area contributed by atoms with Gasteiger partial charge in [0.2, 0.25) is 0 Å². The molecule has 2 aromatic carbocycles. The van der Waals surface area contributed by atoms with Gasteiger partial charge in [-0.15, -0.1) is 0 Å². The van der Waals surface area contributed by atoms with Crippen molar-refractivity contribution in [2.45, 2.75) is 6.92 Å². The third-order valence-electron chi connectivity index (χ3n) is 2.45. The van der Waals surface area contributed by atoms with E-state index >= 15 is 0 Å². The predicted molar refractivity (Wildman–Crippen MR) is 65.8 cm³/mol. The van der Waals surface area contributed by atoms with E-state index in [-0.39, 0.29) is 0 Å². The van der Waals surface area contributed by atoms with Crippen LogP contribution >= 0.6 is 11.6 Å². The van der Waals surface area contributed by atoms with Crippen LogP contribution in [-0.2, 0) is 24.2 Å². The van der Waals surface area contributed by atoms with Gasteiger partial charge in [0.1, 0.15) is 0 Å². The summed E-state index contributed by atoms with van der Waals surface area (Å²) in [5.74, 6) is 0. The first kappa shape index (κ1) is 12.0. The van der Waals surface area contributed by atoms with Crippen LogP contribution in [0.15, 0.2) is 48.5 Å². The minimum atomic E-state index is 0.796. The van der Waals surface area contributed by atoms with Gasteiger partial charge in [0.25, 0.3) is 0 Å². The van der Waals surface area contributed by atoms with Gasteiger partial charge in [-0.1, -0.05) is 0 Å². The molecule has 0 N–H and O–H groups in total. The van der Waals surface area contributed by atoms with E-state index in [0.717, 1.165) is 5.02 Å². The number of aryl methyl sites for hydroxylation is 1. The normalized spacial score (nSPS) is 10.2. The van der Waals surface area contributed by atoms with E-state index < -0.39 is 0 Å². The molecule has 2 rings (SSSR count). The molecule has 0 atom stereocenters. The zero-order chi connectivity index (χ0) is 11.5. The van der Waals surface area contributed by atoms with Crippen LogP contribution in [0.4, 0.5) is 0 Å². The van der Waals surface area contributed by atoms with Crippen LogP contribution in [0.3, 0.4) is 0 Å². The molecule has 0 aliphatic carbocycles. The van der Waals surface area contributed by atoms with E-state index in [1.54, 1.807) is 0 Å². The fourth-order valence-corrected chi connectivity index (χ4v) is 2.51. The quantitative estimate of drug-likeness (QED) is 0.792. The molecule has 0 aliphatic heterocycles. The summed E-state index contributed by atoms with van der Waals surface area (Å²) in [6, 6.07) is 16.6. The molecule has 0 heterocycles. The van der Waals surface area contributed by atoms with Crippen molar-refractivity contribution in [3.8, 4) is 0 Å². The van der Waals surface area contributed by atoms with Gasteiger partial charge in [-0.25, -0.2) is 0 Å². The van der Waals surface area contributed by atoms with Crippen LogP contribution in [-0.4, -0.2) is 3.21 Å². The Labute approximate surface area is 116 Å². The molecule has 16 heavy (non-hydrogen) atoms. The predicted octanol–water partition coefficient (Wildman–Crippen LogP) is 3.76. The average Bonchev–Trinajstić information content (AvgIpc) is 2.29. The molecule has 76 valence electrons. The second-order valence-corrected chi connectivity index (χ2v) is 5.42. The second-order valence-electron chi connectivity index (χ2n) is 3.75. The van der Waals surface area contributed by atoms with Crippen molar-refractivity contribution in [2.24, 2.45) is 0 Å². The van der Waals surface area contributed by atoms with Crippen LogP contribution in [0.25, 0.3) is 0 Å². The van der Waals surface area contributed by atoms with E-state index in [0.29, 0.717) is 0 Å². The number of rotatable bonds is 2. The first-order valence-electron chi connectivity index (χ1n) is 5.08. The molecule has 0 spiro atoms. The summed E-state index contributed by atoms with van der Waals surface area (Å²) in [5.41, 5.74) is 3.79. The van der Waals surface area contributed by atoms with Gasteiger partial charge < -0.3 is 0 Å². The molecule has 0 fully saturated rings. The van der Waals surface area contributed by atoms with Gasteiger partial charge in [0, 0.05) is 0 Å². The summed E-state index contributed by atoms with van der Waals surface area (Å²) in [6.07, 6.45) is 0. The summed E-state index contributed by atoms with van der Waals surface area (Å²) in [5, 5.41) is 0.796. The maximum atomic E-state index is 6.00. The van der Waals surface area contributed by atoms with Crippen LogP contribution in [0.5, 0.6) is 0 Å². The summed E-state index contributed by atoms with van der Waals surface area (Å²) < 4.78 is 1.34. The van der Waals surface area contributed by atoms with Crippen molar-refractivity contribution in [3.05, 3.63) is 70.2 Å². The Balaban J connectivity index is 2.35. The van der Waals surface area contributed by atoms with Gasteiger partial charge in [0.05, 0.1) is 0 Å². The monoisotopic (exact) mass is 304 g/mol. The van der Waals surface area contributed by atoms with Gasteiger partial charge in [-0.05, 0) is 0 Å². The molecule has 0 saturated heterocycles. The van der Waals surface area contributed by atoms with Gasteiger partial charge >= 0.3 is 116 Å². The van der Waals surface area contributed by atoms with Gasteiger partial charge in [-0.2, -0.15) is 0 Å². The van der Waals surface area contributed by atoms with Crippen molar-refractivity contribution in [2.75, 3.05) is 0 Å². The van der Waals surface area contributed by atoms with Crippen molar-refractivity contribution in [3.63, 3.8) is 0 Å². The average molecular weight is 306 g/mol. The van der Waals surface area contributed by atoms with Crippen LogP contribution in [0.2, 0.25) is 5.02 Å². The molecule has 2 aromatic rings. The summed E-state index contributed by atoms with van der Waals surface area (Å²) in [7, 11) is 0. The van der Waals surface area contributed by atoms with Gasteiger partial charge in [0.15, 0.2) is 0 Å². The summed E-state index contributed by atoms with van der Waals surface area (Å²) >= 11 is 7.40. The van der Waals surface area contributed by atoms with E-state index in [9.17, 15) is 0 Å². The molecule has 0 aromatic heterocycles. The Morgan fingerprint density at radius 3 is 2.31 bits per heavy atom. The van der Waals surface area contributed by atoms with Crippen LogP contribution in [0.1, 0.15) is 16.7 Å². The van der Waals surface area contributed by atoms with E-state index in [1.165, 1.54) is 44.1 Å². The third kappa shape index (κ3) is 2.78. The Morgan fingerprint density at radius 1 is 1.00 bits per heavy atom. The molecule has 0 nitrogen and oxygen atoms in total. The SMILES string of the molecule is Cc1ccc([C](=[Zr+2])c2cccc(Cl)c2)cc1. The molecule has 0 amide bonds. The minimum absolute atomic E-state index is 0.796. The molecule has 2 heteroatoms. The zero-order valence-electron chi connectivity index (χ0n) is 9.00. The summed E-state index contributed by atoms with van der Waals surface area (Å²) in [4.78, 5) is 0. The standard InChI is InChI=1S/C14H11Cl.Zr/c1-11-5-7-12(8-6-11)9-13-3-2-4-14(15)10-13;/h2-8,10H,1H3;/q;+2. The molecule has 0 unspecified atom stereocenters. The van der Waals surface area contributed by atoms with Crippen molar-refractivity contribution in [1.29, 1.82) is 0 Å². The van der Waals surface area contributed by atoms with E-state index in [4.69, 9.17) is 11.6 Å². The van der Waals surface area contributed by atoms with Gasteiger partial charge in [-0.3, -0.25) is 0 Å². The number of halogens is 1. The Morgan fingerprint density at radius 2 is 1.69 bits per heavy atom. The molecule has 0 saturated carbocycles. The van der Waals surface area contributed by atoms with Crippen molar-refractivity contribution < 1.29 is 24.2 Å². The number of hydrogen-bond donors (Lipinski definition) is 0. The fraction of sp³-hybridized carbons (Fsp3) is 0.0714. The van der Waals surface area contributed by atoms with Crippen LogP contribution in [0, 0.1) is 6.92 Å². The first-order chi connectivity index (χ1) is 7.66. The Bertz CT molecular complexity index is 515. The number of benzene rings is 2. The Hall–Kier alpha value is -0.517. The van der Waals surface area contributed by atoms with E-state index in [1.807, 2.05) is 18.2 Å². The first-order valence-corrected chi connectivity index (χ1v) is 6.69. The molecular formula is C14H11ClZr+2. The number of hydrogen-bond acceptors (Lipinski definition) is 0.